The Hall–Kier alpha value is -2.19. The average Bonchev–Trinajstić information content (AvgIpc) is 3.13. The van der Waals surface area contributed by atoms with Crippen molar-refractivity contribution in [2.75, 3.05) is 6.54 Å². The van der Waals surface area contributed by atoms with Crippen LogP contribution in [-0.4, -0.2) is 27.7 Å². The molecule has 0 radical (unpaired) electrons. The molecule has 26 heavy (non-hydrogen) atoms. The second-order valence-corrected chi connectivity index (χ2v) is 7.74. The van der Waals surface area contributed by atoms with Crippen LogP contribution in [-0.2, 0) is 18.4 Å². The van der Waals surface area contributed by atoms with Gasteiger partial charge in [0.25, 0.3) is 0 Å². The molecule has 1 aliphatic heterocycles. The van der Waals surface area contributed by atoms with Gasteiger partial charge in [0, 0.05) is 19.0 Å². The number of rotatable bonds is 5. The Morgan fingerprint density at radius 1 is 1.31 bits per heavy atom. The first kappa shape index (κ1) is 18.6. The van der Waals surface area contributed by atoms with E-state index in [2.05, 4.69) is 46.3 Å². The van der Waals surface area contributed by atoms with Crippen molar-refractivity contribution in [3.8, 4) is 6.07 Å². The molecule has 5 heteroatoms. The highest BCUT2D eigenvalue weighted by Gasteiger charge is 2.33. The van der Waals surface area contributed by atoms with Crippen molar-refractivity contribution in [1.29, 1.82) is 5.26 Å². The Kier molecular flexibility index (Phi) is 5.43. The topological polar surface area (TPSA) is 66.0 Å². The fourth-order valence-corrected chi connectivity index (χ4v) is 3.87. The van der Waals surface area contributed by atoms with Gasteiger partial charge in [0.1, 0.15) is 0 Å². The third-order valence-electron chi connectivity index (χ3n) is 5.56. The van der Waals surface area contributed by atoms with E-state index in [-0.39, 0.29) is 5.92 Å². The summed E-state index contributed by atoms with van der Waals surface area (Å²) < 4.78 is 5.84. The Bertz CT molecular complexity index is 789. The smallest absolute Gasteiger partial charge is 0.221 e. The van der Waals surface area contributed by atoms with E-state index in [0.717, 1.165) is 43.8 Å². The van der Waals surface area contributed by atoms with Gasteiger partial charge in [-0.05, 0) is 51.3 Å². The number of nitrogens with zero attached hydrogens (tertiary/aromatic N) is 4. The third kappa shape index (κ3) is 3.66. The normalized spacial score (nSPS) is 21.5. The molecule has 1 aliphatic rings. The van der Waals surface area contributed by atoms with Crippen LogP contribution in [0.25, 0.3) is 0 Å². The van der Waals surface area contributed by atoms with Crippen LogP contribution in [0, 0.1) is 11.3 Å². The monoisotopic (exact) mass is 352 g/mol. The SMILES string of the molecule is CCc1nnc([C@H]2CCCN(Cc3ccccc3C(C)(C)C#N)[C@H]2C)o1. The molecule has 0 N–H and O–H groups in total. The molecule has 0 unspecified atom stereocenters. The van der Waals surface area contributed by atoms with E-state index < -0.39 is 5.41 Å². The fourth-order valence-electron chi connectivity index (χ4n) is 3.87. The van der Waals surface area contributed by atoms with Crippen LogP contribution >= 0.6 is 0 Å². The van der Waals surface area contributed by atoms with Crippen LogP contribution in [0.5, 0.6) is 0 Å². The lowest BCUT2D eigenvalue weighted by Crippen LogP contribution is -2.42. The van der Waals surface area contributed by atoms with Gasteiger partial charge in [-0.3, -0.25) is 4.90 Å². The van der Waals surface area contributed by atoms with Gasteiger partial charge in [0.05, 0.1) is 17.4 Å². The highest BCUT2D eigenvalue weighted by atomic mass is 16.4. The Morgan fingerprint density at radius 3 is 2.77 bits per heavy atom. The van der Waals surface area contributed by atoms with Gasteiger partial charge in [-0.2, -0.15) is 5.26 Å². The van der Waals surface area contributed by atoms with Crippen molar-refractivity contribution in [1.82, 2.24) is 15.1 Å². The lowest BCUT2D eigenvalue weighted by atomic mass is 9.82. The summed E-state index contributed by atoms with van der Waals surface area (Å²) in [6.07, 6.45) is 2.96. The lowest BCUT2D eigenvalue weighted by Gasteiger charge is -2.38. The van der Waals surface area contributed by atoms with Gasteiger partial charge in [0.15, 0.2) is 0 Å². The molecule has 0 aliphatic carbocycles. The van der Waals surface area contributed by atoms with E-state index in [0.29, 0.717) is 11.9 Å². The van der Waals surface area contributed by atoms with Crippen LogP contribution in [0.15, 0.2) is 28.7 Å². The molecule has 2 aromatic rings. The van der Waals surface area contributed by atoms with Crippen LogP contribution in [0.1, 0.15) is 69.4 Å². The maximum atomic E-state index is 9.55. The van der Waals surface area contributed by atoms with Gasteiger partial charge < -0.3 is 4.42 Å². The Balaban J connectivity index is 1.81. The number of hydrogen-bond acceptors (Lipinski definition) is 5. The summed E-state index contributed by atoms with van der Waals surface area (Å²) in [5.41, 5.74) is 1.85. The summed E-state index contributed by atoms with van der Waals surface area (Å²) in [5, 5.41) is 18.0. The molecule has 1 saturated heterocycles. The second kappa shape index (κ2) is 7.59. The minimum absolute atomic E-state index is 0.271. The number of benzene rings is 1. The molecular weight excluding hydrogens is 324 g/mol. The van der Waals surface area contributed by atoms with Gasteiger partial charge in [0.2, 0.25) is 11.8 Å². The van der Waals surface area contributed by atoms with Crippen LogP contribution in [0.4, 0.5) is 0 Å². The zero-order chi connectivity index (χ0) is 18.7. The second-order valence-electron chi connectivity index (χ2n) is 7.74. The van der Waals surface area contributed by atoms with Crippen molar-refractivity contribution in [3.05, 3.63) is 47.2 Å². The van der Waals surface area contributed by atoms with E-state index >= 15 is 0 Å². The van der Waals surface area contributed by atoms with Gasteiger partial charge in [-0.25, -0.2) is 0 Å². The van der Waals surface area contributed by atoms with Crippen molar-refractivity contribution in [2.45, 2.75) is 70.9 Å². The minimum atomic E-state index is -0.489. The summed E-state index contributed by atoms with van der Waals surface area (Å²) in [7, 11) is 0. The molecule has 3 rings (SSSR count). The first-order valence-corrected chi connectivity index (χ1v) is 9.52. The zero-order valence-electron chi connectivity index (χ0n) is 16.2. The molecule has 0 bridgehead atoms. The van der Waals surface area contributed by atoms with Crippen LogP contribution in [0.2, 0.25) is 0 Å². The number of nitriles is 1. The molecule has 1 fully saturated rings. The average molecular weight is 352 g/mol. The largest absolute Gasteiger partial charge is 0.425 e. The number of aryl methyl sites for hydroxylation is 1. The number of hydrogen-bond donors (Lipinski definition) is 0. The molecule has 1 aromatic heterocycles. The standard InChI is InChI=1S/C21H28N4O/c1-5-19-23-24-20(26-19)17-10-8-12-25(15(17)2)13-16-9-6-7-11-18(16)21(3,4)14-22/h6-7,9,11,15,17H,5,8,10,12-13H2,1-4H3/t15-,17-/m0/s1. The van der Waals surface area contributed by atoms with Crippen LogP contribution < -0.4 is 0 Å². The summed E-state index contributed by atoms with van der Waals surface area (Å²) in [5.74, 6) is 1.75. The quantitative estimate of drug-likeness (QED) is 0.807. The Labute approximate surface area is 156 Å². The van der Waals surface area contributed by atoms with Crippen molar-refractivity contribution >= 4 is 0 Å². The lowest BCUT2D eigenvalue weighted by molar-refractivity contribution is 0.118. The molecule has 0 spiro atoms. The van der Waals surface area contributed by atoms with Crippen LogP contribution in [0.3, 0.4) is 0 Å². The number of aromatic nitrogens is 2. The van der Waals surface area contributed by atoms with Crippen molar-refractivity contribution in [2.24, 2.45) is 0 Å². The maximum Gasteiger partial charge on any atom is 0.221 e. The predicted molar refractivity (Wildman–Crippen MR) is 101 cm³/mol. The molecule has 138 valence electrons. The highest BCUT2D eigenvalue weighted by Crippen LogP contribution is 2.34. The molecule has 1 aromatic carbocycles. The van der Waals surface area contributed by atoms with E-state index in [1.54, 1.807) is 0 Å². The molecule has 2 heterocycles. The molecule has 0 saturated carbocycles. The van der Waals surface area contributed by atoms with Crippen molar-refractivity contribution < 1.29 is 4.42 Å². The molecular formula is C21H28N4O. The predicted octanol–water partition coefficient (Wildman–Crippen LogP) is 4.20. The summed E-state index contributed by atoms with van der Waals surface area (Å²) in [4.78, 5) is 2.48. The van der Waals surface area contributed by atoms with E-state index in [9.17, 15) is 5.26 Å². The summed E-state index contributed by atoms with van der Waals surface area (Å²) >= 11 is 0. The summed E-state index contributed by atoms with van der Waals surface area (Å²) in [6.45, 7) is 10.1. The van der Waals surface area contributed by atoms with Gasteiger partial charge >= 0.3 is 0 Å². The maximum absolute atomic E-state index is 9.55. The highest BCUT2D eigenvalue weighted by molar-refractivity contribution is 5.37. The number of likely N-dealkylation sites (tertiary alicyclic amines) is 1. The molecule has 0 amide bonds. The minimum Gasteiger partial charge on any atom is -0.425 e. The van der Waals surface area contributed by atoms with Gasteiger partial charge in [-0.1, -0.05) is 31.2 Å². The molecule has 2 atom stereocenters. The molecule has 5 nitrogen and oxygen atoms in total. The first-order valence-electron chi connectivity index (χ1n) is 9.52. The Morgan fingerprint density at radius 2 is 2.08 bits per heavy atom. The third-order valence-corrected chi connectivity index (χ3v) is 5.56. The van der Waals surface area contributed by atoms with Crippen molar-refractivity contribution in [3.63, 3.8) is 0 Å². The van der Waals surface area contributed by atoms with Gasteiger partial charge in [-0.15, -0.1) is 10.2 Å². The summed E-state index contributed by atoms with van der Waals surface area (Å²) in [6, 6.07) is 11.1. The zero-order valence-corrected chi connectivity index (χ0v) is 16.2. The first-order chi connectivity index (χ1) is 12.5. The van der Waals surface area contributed by atoms with E-state index in [1.165, 1.54) is 5.56 Å². The van der Waals surface area contributed by atoms with E-state index in [1.807, 2.05) is 26.8 Å². The number of piperidine rings is 1. The fraction of sp³-hybridized carbons (Fsp3) is 0.571. The van der Waals surface area contributed by atoms with E-state index in [4.69, 9.17) is 4.42 Å².